The van der Waals surface area contributed by atoms with E-state index < -0.39 is 0 Å². The van der Waals surface area contributed by atoms with E-state index in [0.29, 0.717) is 5.92 Å². The maximum Gasteiger partial charge on any atom is 0.133 e. The first-order valence-electron chi connectivity index (χ1n) is 6.48. The second kappa shape index (κ2) is 7.59. The first kappa shape index (κ1) is 15.3. The summed E-state index contributed by atoms with van der Waals surface area (Å²) in [5.74, 6) is 0.774. The average Bonchev–Trinajstić information content (AvgIpc) is 2.23. The molecule has 2 heteroatoms. The molecule has 0 aliphatic rings. The van der Waals surface area contributed by atoms with Gasteiger partial charge in [0.15, 0.2) is 0 Å². The van der Waals surface area contributed by atoms with E-state index in [1.165, 1.54) is 0 Å². The van der Waals surface area contributed by atoms with Gasteiger partial charge in [0.1, 0.15) is 11.6 Å². The third-order valence-corrected chi connectivity index (χ3v) is 3.71. The SMILES string of the molecule is CCC(CC)CC(C(C)=O)C(CC)C(C)=O. The van der Waals surface area contributed by atoms with Crippen molar-refractivity contribution in [1.82, 2.24) is 0 Å². The summed E-state index contributed by atoms with van der Waals surface area (Å²) < 4.78 is 0. The molecule has 16 heavy (non-hydrogen) atoms. The minimum Gasteiger partial charge on any atom is -0.300 e. The molecule has 0 N–H and O–H groups in total. The summed E-state index contributed by atoms with van der Waals surface area (Å²) in [4.78, 5) is 23.2. The quantitative estimate of drug-likeness (QED) is 0.633. The predicted octanol–water partition coefficient (Wildman–Crippen LogP) is 3.63. The molecular weight excluding hydrogens is 200 g/mol. The molecule has 0 saturated carbocycles. The van der Waals surface area contributed by atoms with E-state index in [1.807, 2.05) is 6.92 Å². The maximum atomic E-state index is 11.7. The van der Waals surface area contributed by atoms with Crippen molar-refractivity contribution < 1.29 is 9.59 Å². The van der Waals surface area contributed by atoms with Crippen molar-refractivity contribution in [1.29, 1.82) is 0 Å². The standard InChI is InChI=1S/C14H26O2/c1-6-12(7-2)9-14(11(5)16)13(8-3)10(4)15/h12-14H,6-9H2,1-5H3. The van der Waals surface area contributed by atoms with Crippen LogP contribution in [0, 0.1) is 17.8 Å². The number of carbonyl (C=O) groups is 2. The number of ketones is 2. The third kappa shape index (κ3) is 4.46. The van der Waals surface area contributed by atoms with E-state index in [1.54, 1.807) is 13.8 Å². The van der Waals surface area contributed by atoms with Crippen LogP contribution in [0.2, 0.25) is 0 Å². The van der Waals surface area contributed by atoms with Gasteiger partial charge in [-0.2, -0.15) is 0 Å². The fraction of sp³-hybridized carbons (Fsp3) is 0.857. The maximum absolute atomic E-state index is 11.7. The zero-order chi connectivity index (χ0) is 12.7. The van der Waals surface area contributed by atoms with E-state index in [2.05, 4.69) is 13.8 Å². The summed E-state index contributed by atoms with van der Waals surface area (Å²) in [5, 5.41) is 0. The molecule has 2 unspecified atom stereocenters. The Morgan fingerprint density at radius 2 is 1.25 bits per heavy atom. The van der Waals surface area contributed by atoms with Crippen LogP contribution in [0.15, 0.2) is 0 Å². The second-order valence-corrected chi connectivity index (χ2v) is 4.76. The molecule has 0 saturated heterocycles. The van der Waals surface area contributed by atoms with Gasteiger partial charge in [0.05, 0.1) is 0 Å². The number of carbonyl (C=O) groups excluding carboxylic acids is 2. The molecule has 0 aromatic carbocycles. The van der Waals surface area contributed by atoms with Gasteiger partial charge in [0.2, 0.25) is 0 Å². The first-order chi connectivity index (χ1) is 7.47. The highest BCUT2D eigenvalue weighted by molar-refractivity contribution is 5.87. The molecule has 0 aliphatic carbocycles. The van der Waals surface area contributed by atoms with E-state index in [-0.39, 0.29) is 23.4 Å². The largest absolute Gasteiger partial charge is 0.300 e. The van der Waals surface area contributed by atoms with Crippen LogP contribution in [0.5, 0.6) is 0 Å². The Labute approximate surface area is 99.8 Å². The number of hydrogen-bond acceptors (Lipinski definition) is 2. The van der Waals surface area contributed by atoms with Crippen LogP contribution in [-0.2, 0) is 9.59 Å². The Kier molecular flexibility index (Phi) is 7.27. The Bertz CT molecular complexity index is 229. The van der Waals surface area contributed by atoms with Crippen molar-refractivity contribution in [3.63, 3.8) is 0 Å². The monoisotopic (exact) mass is 226 g/mol. The fourth-order valence-corrected chi connectivity index (χ4v) is 2.45. The third-order valence-electron chi connectivity index (χ3n) is 3.71. The van der Waals surface area contributed by atoms with Gasteiger partial charge >= 0.3 is 0 Å². The van der Waals surface area contributed by atoms with Crippen LogP contribution in [-0.4, -0.2) is 11.6 Å². The highest BCUT2D eigenvalue weighted by atomic mass is 16.1. The first-order valence-corrected chi connectivity index (χ1v) is 6.48. The molecule has 0 aromatic heterocycles. The van der Waals surface area contributed by atoms with E-state index in [4.69, 9.17) is 0 Å². The van der Waals surface area contributed by atoms with Crippen LogP contribution >= 0.6 is 0 Å². The van der Waals surface area contributed by atoms with Crippen LogP contribution in [0.3, 0.4) is 0 Å². The topological polar surface area (TPSA) is 34.1 Å². The van der Waals surface area contributed by atoms with Gasteiger partial charge in [-0.1, -0.05) is 33.6 Å². The molecule has 0 bridgehead atoms. The van der Waals surface area contributed by atoms with Crippen LogP contribution in [0.4, 0.5) is 0 Å². The van der Waals surface area contributed by atoms with Gasteiger partial charge in [0, 0.05) is 11.8 Å². The predicted molar refractivity (Wildman–Crippen MR) is 67.3 cm³/mol. The van der Waals surface area contributed by atoms with Crippen molar-refractivity contribution in [2.75, 3.05) is 0 Å². The van der Waals surface area contributed by atoms with Crippen LogP contribution in [0.25, 0.3) is 0 Å². The van der Waals surface area contributed by atoms with E-state index >= 15 is 0 Å². The molecular formula is C14H26O2. The Balaban J connectivity index is 4.71. The van der Waals surface area contributed by atoms with Crippen molar-refractivity contribution >= 4 is 11.6 Å². The minimum atomic E-state index is -0.0712. The number of rotatable bonds is 8. The molecule has 0 heterocycles. The van der Waals surface area contributed by atoms with Crippen molar-refractivity contribution in [3.05, 3.63) is 0 Å². The normalized spacial score (nSPS) is 14.9. The van der Waals surface area contributed by atoms with Crippen molar-refractivity contribution in [2.45, 2.75) is 60.3 Å². The molecule has 94 valence electrons. The van der Waals surface area contributed by atoms with Gasteiger partial charge in [-0.05, 0) is 32.6 Å². The van der Waals surface area contributed by atoms with E-state index in [0.717, 1.165) is 25.7 Å². The highest BCUT2D eigenvalue weighted by Crippen LogP contribution is 2.28. The summed E-state index contributed by atoms with van der Waals surface area (Å²) in [6.07, 6.45) is 3.84. The lowest BCUT2D eigenvalue weighted by Crippen LogP contribution is -2.28. The van der Waals surface area contributed by atoms with Gasteiger partial charge in [-0.15, -0.1) is 0 Å². The fourth-order valence-electron chi connectivity index (χ4n) is 2.45. The average molecular weight is 226 g/mol. The molecule has 0 rings (SSSR count). The summed E-state index contributed by atoms with van der Waals surface area (Å²) in [5.41, 5.74) is 0. The van der Waals surface area contributed by atoms with Gasteiger partial charge in [-0.25, -0.2) is 0 Å². The van der Waals surface area contributed by atoms with Crippen LogP contribution < -0.4 is 0 Å². The second-order valence-electron chi connectivity index (χ2n) is 4.76. The smallest absolute Gasteiger partial charge is 0.133 e. The van der Waals surface area contributed by atoms with Gasteiger partial charge in [0.25, 0.3) is 0 Å². The summed E-state index contributed by atoms with van der Waals surface area (Å²) in [7, 11) is 0. The molecule has 0 aromatic rings. The highest BCUT2D eigenvalue weighted by Gasteiger charge is 2.29. The van der Waals surface area contributed by atoms with Crippen molar-refractivity contribution in [3.8, 4) is 0 Å². The molecule has 2 nitrogen and oxygen atoms in total. The zero-order valence-corrected chi connectivity index (χ0v) is 11.4. The molecule has 0 spiro atoms. The summed E-state index contributed by atoms with van der Waals surface area (Å²) in [6.45, 7) is 9.53. The molecule has 0 fully saturated rings. The lowest BCUT2D eigenvalue weighted by Gasteiger charge is -2.25. The number of hydrogen-bond donors (Lipinski definition) is 0. The Morgan fingerprint density at radius 1 is 0.812 bits per heavy atom. The molecule has 0 amide bonds. The Morgan fingerprint density at radius 3 is 1.50 bits per heavy atom. The lowest BCUT2D eigenvalue weighted by molar-refractivity contribution is -0.131. The van der Waals surface area contributed by atoms with Gasteiger partial charge in [-0.3, -0.25) is 9.59 Å². The zero-order valence-electron chi connectivity index (χ0n) is 11.4. The van der Waals surface area contributed by atoms with E-state index in [9.17, 15) is 9.59 Å². The lowest BCUT2D eigenvalue weighted by atomic mass is 9.77. The molecule has 0 radical (unpaired) electrons. The Hall–Kier alpha value is -0.660. The van der Waals surface area contributed by atoms with Crippen LogP contribution in [0.1, 0.15) is 60.3 Å². The summed E-state index contributed by atoms with van der Waals surface area (Å²) in [6, 6.07) is 0. The number of Topliss-reactive ketones (excluding diaryl/α,β-unsaturated/α-hetero) is 2. The molecule has 0 aliphatic heterocycles. The van der Waals surface area contributed by atoms with Gasteiger partial charge < -0.3 is 0 Å². The van der Waals surface area contributed by atoms with Crippen molar-refractivity contribution in [2.24, 2.45) is 17.8 Å². The summed E-state index contributed by atoms with van der Waals surface area (Å²) >= 11 is 0. The molecule has 2 atom stereocenters. The minimum absolute atomic E-state index is 0.0626.